The van der Waals surface area contributed by atoms with Crippen molar-refractivity contribution in [1.82, 2.24) is 4.98 Å². The molecule has 0 atom stereocenters. The average molecular weight is 461 g/mol. The van der Waals surface area contributed by atoms with E-state index in [0.717, 1.165) is 21.3 Å². The van der Waals surface area contributed by atoms with Crippen LogP contribution < -0.4 is 14.8 Å². The van der Waals surface area contributed by atoms with Gasteiger partial charge in [0.15, 0.2) is 16.6 Å². The first-order chi connectivity index (χ1) is 13.6. The molecule has 0 saturated heterocycles. The van der Waals surface area contributed by atoms with E-state index in [4.69, 9.17) is 9.47 Å². The smallest absolute Gasteiger partial charge is 0.226 e. The molecule has 0 radical (unpaired) electrons. The van der Waals surface area contributed by atoms with E-state index < -0.39 is 0 Å². The number of hydrogen-bond acceptors (Lipinski definition) is 5. The molecule has 1 heterocycles. The number of aromatic nitrogens is 1. The number of ether oxygens (including phenoxy) is 2. The lowest BCUT2D eigenvalue weighted by molar-refractivity contribution is -0.116. The molecular formula is C21H21BrN2O3S. The Labute approximate surface area is 176 Å². The topological polar surface area (TPSA) is 60.5 Å². The van der Waals surface area contributed by atoms with Crippen LogP contribution in [0.2, 0.25) is 0 Å². The van der Waals surface area contributed by atoms with Crippen LogP contribution in [0.4, 0.5) is 5.13 Å². The molecule has 1 aromatic heterocycles. The number of benzene rings is 2. The van der Waals surface area contributed by atoms with Crippen molar-refractivity contribution < 1.29 is 14.3 Å². The van der Waals surface area contributed by atoms with E-state index in [9.17, 15) is 4.79 Å². The van der Waals surface area contributed by atoms with Gasteiger partial charge in [-0.3, -0.25) is 4.79 Å². The lowest BCUT2D eigenvalue weighted by Crippen LogP contribution is -2.12. The Balaban J connectivity index is 1.57. The number of methoxy groups -OCH3 is 1. The van der Waals surface area contributed by atoms with Gasteiger partial charge >= 0.3 is 0 Å². The van der Waals surface area contributed by atoms with Crippen LogP contribution in [0.3, 0.4) is 0 Å². The van der Waals surface area contributed by atoms with Gasteiger partial charge in [-0.05, 0) is 43.2 Å². The number of thiazole rings is 1. The van der Waals surface area contributed by atoms with Gasteiger partial charge in [-0.2, -0.15) is 0 Å². The van der Waals surface area contributed by atoms with Gasteiger partial charge in [0, 0.05) is 21.8 Å². The number of aryl methyl sites for hydroxylation is 1. The molecule has 2 aromatic carbocycles. The van der Waals surface area contributed by atoms with Crippen LogP contribution in [0.15, 0.2) is 52.3 Å². The molecule has 0 spiro atoms. The van der Waals surface area contributed by atoms with E-state index >= 15 is 0 Å². The Bertz CT molecular complexity index is 941. The van der Waals surface area contributed by atoms with Crippen molar-refractivity contribution in [3.05, 3.63) is 57.9 Å². The van der Waals surface area contributed by atoms with Crippen LogP contribution in [-0.4, -0.2) is 24.6 Å². The standard InChI is InChI=1S/C21H21BrN2O3S/c1-3-27-18-10-4-14(12-19(18)26-2)5-11-20(25)24-21-23-17(13-28-21)15-6-8-16(22)9-7-15/h4,6-10,12-13H,3,5,11H2,1-2H3,(H,23,24,25). The van der Waals surface area contributed by atoms with Crippen LogP contribution in [0.25, 0.3) is 11.3 Å². The third-order valence-electron chi connectivity index (χ3n) is 4.06. The summed E-state index contributed by atoms with van der Waals surface area (Å²) in [5.41, 5.74) is 2.88. The highest BCUT2D eigenvalue weighted by atomic mass is 79.9. The summed E-state index contributed by atoms with van der Waals surface area (Å²) >= 11 is 4.84. The first-order valence-electron chi connectivity index (χ1n) is 8.90. The maximum absolute atomic E-state index is 12.3. The summed E-state index contributed by atoms with van der Waals surface area (Å²) in [6.45, 7) is 2.51. The van der Waals surface area contributed by atoms with Crippen LogP contribution in [0, 0.1) is 0 Å². The predicted octanol–water partition coefficient (Wildman–Crippen LogP) is 5.55. The minimum atomic E-state index is -0.0652. The van der Waals surface area contributed by atoms with Crippen LogP contribution in [0.1, 0.15) is 18.9 Å². The van der Waals surface area contributed by atoms with Crippen LogP contribution >= 0.6 is 27.3 Å². The van der Waals surface area contributed by atoms with E-state index in [-0.39, 0.29) is 5.91 Å². The van der Waals surface area contributed by atoms with Crippen molar-refractivity contribution in [2.75, 3.05) is 19.0 Å². The van der Waals surface area contributed by atoms with Gasteiger partial charge < -0.3 is 14.8 Å². The number of rotatable bonds is 8. The highest BCUT2D eigenvalue weighted by Crippen LogP contribution is 2.29. The van der Waals surface area contributed by atoms with Crippen molar-refractivity contribution in [3.63, 3.8) is 0 Å². The molecule has 0 saturated carbocycles. The number of halogens is 1. The predicted molar refractivity (Wildman–Crippen MR) is 116 cm³/mol. The van der Waals surface area contributed by atoms with Crippen LogP contribution in [-0.2, 0) is 11.2 Å². The number of carbonyl (C=O) groups is 1. The van der Waals surface area contributed by atoms with E-state index in [2.05, 4.69) is 26.2 Å². The van der Waals surface area contributed by atoms with Crippen molar-refractivity contribution >= 4 is 38.3 Å². The summed E-state index contributed by atoms with van der Waals surface area (Å²) in [5, 5.41) is 5.42. The summed E-state index contributed by atoms with van der Waals surface area (Å²) in [6, 6.07) is 13.7. The molecule has 0 bridgehead atoms. The zero-order chi connectivity index (χ0) is 19.9. The summed E-state index contributed by atoms with van der Waals surface area (Å²) in [6.07, 6.45) is 0.976. The number of carbonyl (C=O) groups excluding carboxylic acids is 1. The SMILES string of the molecule is CCOc1ccc(CCC(=O)Nc2nc(-c3ccc(Br)cc3)cs2)cc1OC. The quantitative estimate of drug-likeness (QED) is 0.478. The molecule has 0 unspecified atom stereocenters. The Morgan fingerprint density at radius 2 is 1.96 bits per heavy atom. The Kier molecular flexibility index (Phi) is 7.06. The minimum Gasteiger partial charge on any atom is -0.493 e. The van der Waals surface area contributed by atoms with Gasteiger partial charge in [0.25, 0.3) is 0 Å². The molecule has 1 amide bonds. The molecule has 0 aliphatic heterocycles. The van der Waals surface area contributed by atoms with Crippen molar-refractivity contribution in [2.24, 2.45) is 0 Å². The summed E-state index contributed by atoms with van der Waals surface area (Å²) in [7, 11) is 1.61. The van der Waals surface area contributed by atoms with Crippen molar-refractivity contribution in [2.45, 2.75) is 19.8 Å². The first-order valence-corrected chi connectivity index (χ1v) is 10.6. The Hall–Kier alpha value is -2.38. The molecular weight excluding hydrogens is 440 g/mol. The van der Waals surface area contributed by atoms with Gasteiger partial charge in [-0.15, -0.1) is 11.3 Å². The Morgan fingerprint density at radius 3 is 2.68 bits per heavy atom. The fourth-order valence-corrected chi connectivity index (χ4v) is 3.67. The van der Waals surface area contributed by atoms with Gasteiger partial charge in [0.1, 0.15) is 0 Å². The monoisotopic (exact) mass is 460 g/mol. The zero-order valence-corrected chi connectivity index (χ0v) is 18.1. The highest BCUT2D eigenvalue weighted by molar-refractivity contribution is 9.10. The number of amides is 1. The minimum absolute atomic E-state index is 0.0652. The highest BCUT2D eigenvalue weighted by Gasteiger charge is 2.10. The third-order valence-corrected chi connectivity index (χ3v) is 5.35. The molecule has 1 N–H and O–H groups in total. The largest absolute Gasteiger partial charge is 0.493 e. The Morgan fingerprint density at radius 1 is 1.18 bits per heavy atom. The lowest BCUT2D eigenvalue weighted by Gasteiger charge is -2.10. The molecule has 28 heavy (non-hydrogen) atoms. The molecule has 0 aliphatic carbocycles. The maximum atomic E-state index is 12.3. The number of hydrogen-bond donors (Lipinski definition) is 1. The summed E-state index contributed by atoms with van der Waals surface area (Å²) in [4.78, 5) is 16.8. The molecule has 0 fully saturated rings. The van der Waals surface area contributed by atoms with Gasteiger partial charge in [-0.25, -0.2) is 4.98 Å². The fraction of sp³-hybridized carbons (Fsp3) is 0.238. The first kappa shape index (κ1) is 20.4. The van der Waals surface area contributed by atoms with Crippen molar-refractivity contribution in [1.29, 1.82) is 0 Å². The molecule has 0 aliphatic rings. The van der Waals surface area contributed by atoms with Crippen LogP contribution in [0.5, 0.6) is 11.5 Å². The second kappa shape index (κ2) is 9.71. The number of nitrogens with zero attached hydrogens (tertiary/aromatic N) is 1. The zero-order valence-electron chi connectivity index (χ0n) is 15.7. The molecule has 3 rings (SSSR count). The fourth-order valence-electron chi connectivity index (χ4n) is 2.67. The van der Waals surface area contributed by atoms with Gasteiger partial charge in [0.2, 0.25) is 5.91 Å². The van der Waals surface area contributed by atoms with E-state index in [1.54, 1.807) is 7.11 Å². The summed E-state index contributed by atoms with van der Waals surface area (Å²) < 4.78 is 11.9. The molecule has 5 nitrogen and oxygen atoms in total. The molecule has 146 valence electrons. The number of nitrogens with one attached hydrogen (secondary N) is 1. The van der Waals surface area contributed by atoms with Gasteiger partial charge in [0.05, 0.1) is 19.4 Å². The normalized spacial score (nSPS) is 10.5. The molecule has 7 heteroatoms. The molecule has 3 aromatic rings. The second-order valence-electron chi connectivity index (χ2n) is 6.01. The van der Waals surface area contributed by atoms with Crippen molar-refractivity contribution in [3.8, 4) is 22.8 Å². The average Bonchev–Trinajstić information content (AvgIpc) is 3.16. The summed E-state index contributed by atoms with van der Waals surface area (Å²) in [5.74, 6) is 1.32. The maximum Gasteiger partial charge on any atom is 0.226 e. The van der Waals surface area contributed by atoms with Gasteiger partial charge in [-0.1, -0.05) is 34.1 Å². The van der Waals surface area contributed by atoms with E-state index in [1.807, 2.05) is 54.8 Å². The third kappa shape index (κ3) is 5.33. The number of anilines is 1. The lowest BCUT2D eigenvalue weighted by atomic mass is 10.1. The van der Waals surface area contributed by atoms with E-state index in [0.29, 0.717) is 36.1 Å². The second-order valence-corrected chi connectivity index (χ2v) is 7.78. The van der Waals surface area contributed by atoms with E-state index in [1.165, 1.54) is 11.3 Å².